The summed E-state index contributed by atoms with van der Waals surface area (Å²) in [6.07, 6.45) is 3.33. The lowest BCUT2D eigenvalue weighted by atomic mass is 10.0. The third-order valence-electron chi connectivity index (χ3n) is 3.44. The van der Waals surface area contributed by atoms with E-state index in [-0.39, 0.29) is 0 Å². The molecule has 0 fully saturated rings. The van der Waals surface area contributed by atoms with E-state index in [0.717, 1.165) is 24.8 Å². The van der Waals surface area contributed by atoms with Crippen LogP contribution >= 0.6 is 0 Å². The number of carbonyl (C=O) groups excluding carboxylic acids is 1. The van der Waals surface area contributed by atoms with Gasteiger partial charge in [-0.05, 0) is 51.7 Å². The van der Waals surface area contributed by atoms with Crippen LogP contribution in [0, 0.1) is 0 Å². The van der Waals surface area contributed by atoms with Crippen LogP contribution in [0.3, 0.4) is 0 Å². The largest absolute Gasteiger partial charge is 0.465 e. The van der Waals surface area contributed by atoms with Crippen molar-refractivity contribution in [3.63, 3.8) is 0 Å². The van der Waals surface area contributed by atoms with Crippen LogP contribution in [0.25, 0.3) is 0 Å². The molecule has 0 spiro atoms. The minimum Gasteiger partial charge on any atom is -0.465 e. The molecule has 130 valence electrons. The summed E-state index contributed by atoms with van der Waals surface area (Å²) in [7, 11) is -1.35. The van der Waals surface area contributed by atoms with Crippen LogP contribution < -0.4 is 4.72 Å². The van der Waals surface area contributed by atoms with E-state index in [2.05, 4.69) is 11.6 Å². The number of rotatable bonds is 8. The van der Waals surface area contributed by atoms with Crippen LogP contribution in [-0.4, -0.2) is 21.5 Å². The number of unbranched alkanes of at least 4 members (excludes halogenated alkanes) is 1. The SMILES string of the molecule is CCCCc1ccc([C@@H](N[S@](=O)C(C)(C)C)C(=O)OCC)cc1. The molecular weight excluding hydrogens is 310 g/mol. The first-order chi connectivity index (χ1) is 10.8. The first-order valence-corrected chi connectivity index (χ1v) is 9.38. The van der Waals surface area contributed by atoms with Crippen LogP contribution in [0.1, 0.15) is 64.6 Å². The minimum absolute atomic E-state index is 0.299. The first kappa shape index (κ1) is 19.8. The minimum atomic E-state index is -1.35. The van der Waals surface area contributed by atoms with Crippen molar-refractivity contribution in [3.8, 4) is 0 Å². The lowest BCUT2D eigenvalue weighted by Gasteiger charge is -2.23. The molecule has 1 N–H and O–H groups in total. The Morgan fingerprint density at radius 3 is 2.30 bits per heavy atom. The fourth-order valence-corrected chi connectivity index (χ4v) is 2.82. The number of aryl methyl sites for hydroxylation is 1. The van der Waals surface area contributed by atoms with Crippen molar-refractivity contribution >= 4 is 17.0 Å². The second kappa shape index (κ2) is 9.18. The van der Waals surface area contributed by atoms with Crippen molar-refractivity contribution in [2.75, 3.05) is 6.61 Å². The standard InChI is InChI=1S/C18H29NO3S/c1-6-8-9-14-10-12-15(13-11-14)16(17(20)22-7-2)19-23(21)18(3,4)5/h10-13,16,19H,6-9H2,1-5H3/t16-,23-/m1/s1. The molecule has 0 saturated carbocycles. The quantitative estimate of drug-likeness (QED) is 0.735. The molecule has 0 unspecified atom stereocenters. The average molecular weight is 340 g/mol. The topological polar surface area (TPSA) is 55.4 Å². The van der Waals surface area contributed by atoms with Crippen LogP contribution in [0.5, 0.6) is 0 Å². The maximum Gasteiger partial charge on any atom is 0.328 e. The highest BCUT2D eigenvalue weighted by Crippen LogP contribution is 2.20. The molecule has 23 heavy (non-hydrogen) atoms. The molecule has 1 aromatic rings. The third-order valence-corrected chi connectivity index (χ3v) is 5.00. The van der Waals surface area contributed by atoms with Crippen LogP contribution in [0.2, 0.25) is 0 Å². The number of ether oxygens (including phenoxy) is 1. The first-order valence-electron chi connectivity index (χ1n) is 8.23. The highest BCUT2D eigenvalue weighted by Gasteiger charge is 2.28. The van der Waals surface area contributed by atoms with Gasteiger partial charge in [-0.3, -0.25) is 0 Å². The van der Waals surface area contributed by atoms with Gasteiger partial charge in [0.05, 0.1) is 22.3 Å². The van der Waals surface area contributed by atoms with Crippen molar-refractivity contribution in [2.45, 2.75) is 64.7 Å². The summed E-state index contributed by atoms with van der Waals surface area (Å²) in [6.45, 7) is 9.83. The van der Waals surface area contributed by atoms with Gasteiger partial charge in [-0.2, -0.15) is 0 Å². The molecular formula is C18H29NO3S. The van der Waals surface area contributed by atoms with Crippen LogP contribution in [0.15, 0.2) is 24.3 Å². The summed E-state index contributed by atoms with van der Waals surface area (Å²) in [4.78, 5) is 12.2. The Morgan fingerprint density at radius 2 is 1.83 bits per heavy atom. The Balaban J connectivity index is 2.95. The van der Waals surface area contributed by atoms with E-state index in [4.69, 9.17) is 4.74 Å². The summed E-state index contributed by atoms with van der Waals surface area (Å²) in [6, 6.07) is 7.17. The summed E-state index contributed by atoms with van der Waals surface area (Å²) in [5.74, 6) is -0.397. The van der Waals surface area contributed by atoms with E-state index in [9.17, 15) is 9.00 Å². The second-order valence-corrected chi connectivity index (χ2v) is 8.53. The number of hydrogen-bond donors (Lipinski definition) is 1. The Labute approximate surface area is 142 Å². The molecule has 0 aliphatic carbocycles. The van der Waals surface area contributed by atoms with Crippen LogP contribution in [0.4, 0.5) is 0 Å². The molecule has 0 radical (unpaired) electrons. The fraction of sp³-hybridized carbons (Fsp3) is 0.611. The molecule has 0 aliphatic rings. The third kappa shape index (κ3) is 6.43. The zero-order valence-corrected chi connectivity index (χ0v) is 15.7. The van der Waals surface area contributed by atoms with Gasteiger partial charge in [-0.25, -0.2) is 13.7 Å². The second-order valence-electron chi connectivity index (χ2n) is 6.53. The molecule has 0 aliphatic heterocycles. The van der Waals surface area contributed by atoms with Gasteiger partial charge in [-0.1, -0.05) is 37.6 Å². The summed E-state index contributed by atoms with van der Waals surface area (Å²) in [5.41, 5.74) is 2.02. The molecule has 5 heteroatoms. The zero-order chi connectivity index (χ0) is 17.5. The number of benzene rings is 1. The normalized spacial score (nSPS) is 14.3. The lowest BCUT2D eigenvalue weighted by Crippen LogP contribution is -2.39. The van der Waals surface area contributed by atoms with E-state index in [0.29, 0.717) is 6.61 Å². The van der Waals surface area contributed by atoms with Gasteiger partial charge < -0.3 is 4.74 Å². The molecule has 0 amide bonds. The summed E-state index contributed by atoms with van der Waals surface area (Å²) >= 11 is 0. The maximum absolute atomic E-state index is 12.4. The Hall–Kier alpha value is -1.20. The fourth-order valence-electron chi connectivity index (χ4n) is 2.02. The predicted molar refractivity (Wildman–Crippen MR) is 95.5 cm³/mol. The number of nitrogens with one attached hydrogen (secondary N) is 1. The van der Waals surface area contributed by atoms with E-state index in [1.807, 2.05) is 45.0 Å². The van der Waals surface area contributed by atoms with Gasteiger partial charge in [0.25, 0.3) is 0 Å². The van der Waals surface area contributed by atoms with E-state index in [1.165, 1.54) is 5.56 Å². The summed E-state index contributed by atoms with van der Waals surface area (Å²) < 4.78 is 20.0. The molecule has 0 saturated heterocycles. The average Bonchev–Trinajstić information content (AvgIpc) is 2.50. The lowest BCUT2D eigenvalue weighted by molar-refractivity contribution is -0.145. The Kier molecular flexibility index (Phi) is 7.92. The Morgan fingerprint density at radius 1 is 1.22 bits per heavy atom. The molecule has 1 aromatic carbocycles. The molecule has 1 rings (SSSR count). The molecule has 0 aromatic heterocycles. The maximum atomic E-state index is 12.4. The van der Waals surface area contributed by atoms with Gasteiger partial charge in [0, 0.05) is 0 Å². The highest BCUT2D eigenvalue weighted by atomic mass is 32.2. The van der Waals surface area contributed by atoms with Gasteiger partial charge in [0.2, 0.25) is 0 Å². The molecule has 0 heterocycles. The van der Waals surface area contributed by atoms with Crippen molar-refractivity contribution in [1.29, 1.82) is 0 Å². The van der Waals surface area contributed by atoms with Gasteiger partial charge >= 0.3 is 5.97 Å². The number of esters is 1. The van der Waals surface area contributed by atoms with Crippen molar-refractivity contribution in [1.82, 2.24) is 4.72 Å². The smallest absolute Gasteiger partial charge is 0.328 e. The van der Waals surface area contributed by atoms with Gasteiger partial charge in [0.1, 0.15) is 6.04 Å². The monoisotopic (exact) mass is 339 g/mol. The molecule has 2 atom stereocenters. The van der Waals surface area contributed by atoms with Crippen molar-refractivity contribution < 1.29 is 13.7 Å². The number of carbonyl (C=O) groups is 1. The van der Waals surface area contributed by atoms with Gasteiger partial charge in [0.15, 0.2) is 0 Å². The molecule has 4 nitrogen and oxygen atoms in total. The Bertz CT molecular complexity index is 520. The highest BCUT2D eigenvalue weighted by molar-refractivity contribution is 7.84. The van der Waals surface area contributed by atoms with Crippen LogP contribution in [-0.2, 0) is 26.9 Å². The predicted octanol–water partition coefficient (Wildman–Crippen LogP) is 3.69. The van der Waals surface area contributed by atoms with Crippen molar-refractivity contribution in [3.05, 3.63) is 35.4 Å². The van der Waals surface area contributed by atoms with E-state index in [1.54, 1.807) is 6.92 Å². The van der Waals surface area contributed by atoms with E-state index >= 15 is 0 Å². The van der Waals surface area contributed by atoms with Crippen molar-refractivity contribution in [2.24, 2.45) is 0 Å². The van der Waals surface area contributed by atoms with E-state index < -0.39 is 27.7 Å². The number of hydrogen-bond acceptors (Lipinski definition) is 3. The molecule has 0 bridgehead atoms. The van der Waals surface area contributed by atoms with Gasteiger partial charge in [-0.15, -0.1) is 0 Å². The zero-order valence-electron chi connectivity index (χ0n) is 14.8. The summed E-state index contributed by atoms with van der Waals surface area (Å²) in [5, 5.41) is 0.